The van der Waals surface area contributed by atoms with Crippen molar-refractivity contribution in [1.29, 1.82) is 0 Å². The highest BCUT2D eigenvalue weighted by Crippen LogP contribution is 2.27. The predicted molar refractivity (Wildman–Crippen MR) is 120 cm³/mol. The van der Waals surface area contributed by atoms with Gasteiger partial charge < -0.3 is 10.1 Å². The van der Waals surface area contributed by atoms with Gasteiger partial charge in [0, 0.05) is 11.3 Å². The summed E-state index contributed by atoms with van der Waals surface area (Å²) in [4.78, 5) is 17.6. The third-order valence-corrected chi connectivity index (χ3v) is 5.30. The lowest BCUT2D eigenvalue weighted by molar-refractivity contribution is 0.103. The molecule has 4 rings (SSSR count). The molecule has 0 spiro atoms. The highest BCUT2D eigenvalue weighted by molar-refractivity contribution is 7.12. The molecule has 0 bridgehead atoms. The molecule has 1 N–H and O–H groups in total. The number of aryl methyl sites for hydroxylation is 1. The summed E-state index contributed by atoms with van der Waals surface area (Å²) in [6.07, 6.45) is -0.0274. The number of nitrogens with one attached hydrogen (secondary N) is 1. The Balaban J connectivity index is 1.66. The maximum atomic E-state index is 12.3. The fourth-order valence-electron chi connectivity index (χ4n) is 3.02. The van der Waals surface area contributed by atoms with Gasteiger partial charge in [0.15, 0.2) is 5.82 Å². The van der Waals surface area contributed by atoms with Gasteiger partial charge in [-0.2, -0.15) is 4.98 Å². The average molecular weight is 419 g/mol. The van der Waals surface area contributed by atoms with Crippen molar-refractivity contribution >= 4 is 22.9 Å². The van der Waals surface area contributed by atoms with Gasteiger partial charge in [0.2, 0.25) is 0 Å². The molecule has 2 aromatic carbocycles. The van der Waals surface area contributed by atoms with E-state index in [1.807, 2.05) is 80.7 Å². The number of ether oxygens (including phenoxy) is 1. The van der Waals surface area contributed by atoms with E-state index in [0.29, 0.717) is 22.4 Å². The number of thiophene rings is 1. The van der Waals surface area contributed by atoms with Gasteiger partial charge in [0.25, 0.3) is 5.91 Å². The van der Waals surface area contributed by atoms with Gasteiger partial charge in [-0.1, -0.05) is 30.3 Å². The number of nitrogens with zero attached hydrogens (tertiary/aromatic N) is 3. The first-order valence-electron chi connectivity index (χ1n) is 9.66. The molecule has 0 aliphatic heterocycles. The Morgan fingerprint density at radius 2 is 1.83 bits per heavy atom. The SMILES string of the molecule is Cc1ccccc1-c1nc(OC(C)C)nn1-c1ccc(NC(=O)c2cccs2)cc1. The molecule has 7 heteroatoms. The van der Waals surface area contributed by atoms with E-state index >= 15 is 0 Å². The van der Waals surface area contributed by atoms with Crippen LogP contribution in [0.4, 0.5) is 5.69 Å². The molecule has 0 unspecified atom stereocenters. The molecule has 0 aliphatic rings. The minimum Gasteiger partial charge on any atom is -0.460 e. The quantitative estimate of drug-likeness (QED) is 0.459. The minimum atomic E-state index is -0.119. The Morgan fingerprint density at radius 1 is 1.07 bits per heavy atom. The molecule has 30 heavy (non-hydrogen) atoms. The van der Waals surface area contributed by atoms with Gasteiger partial charge >= 0.3 is 6.01 Å². The molecule has 0 radical (unpaired) electrons. The molecule has 0 saturated heterocycles. The second-order valence-electron chi connectivity index (χ2n) is 7.09. The van der Waals surface area contributed by atoms with Crippen LogP contribution in [0, 0.1) is 6.92 Å². The molecule has 0 fully saturated rings. The van der Waals surface area contributed by atoms with Crippen molar-refractivity contribution in [2.75, 3.05) is 5.32 Å². The van der Waals surface area contributed by atoms with Crippen LogP contribution in [0.15, 0.2) is 66.0 Å². The Bertz CT molecular complexity index is 1150. The highest BCUT2D eigenvalue weighted by atomic mass is 32.1. The molecule has 152 valence electrons. The van der Waals surface area contributed by atoms with Gasteiger partial charge in [-0.3, -0.25) is 4.79 Å². The van der Waals surface area contributed by atoms with Crippen LogP contribution in [0.1, 0.15) is 29.1 Å². The normalized spacial score (nSPS) is 10.9. The van der Waals surface area contributed by atoms with Crippen LogP contribution >= 0.6 is 11.3 Å². The van der Waals surface area contributed by atoms with Crippen LogP contribution in [0.3, 0.4) is 0 Å². The minimum absolute atomic E-state index is 0.0274. The maximum Gasteiger partial charge on any atom is 0.336 e. The van der Waals surface area contributed by atoms with E-state index in [9.17, 15) is 4.79 Å². The van der Waals surface area contributed by atoms with E-state index in [0.717, 1.165) is 16.8 Å². The summed E-state index contributed by atoms with van der Waals surface area (Å²) in [5.74, 6) is 0.589. The number of carbonyl (C=O) groups is 1. The van der Waals surface area contributed by atoms with E-state index in [-0.39, 0.29) is 12.0 Å². The second-order valence-corrected chi connectivity index (χ2v) is 8.04. The van der Waals surface area contributed by atoms with E-state index in [4.69, 9.17) is 4.74 Å². The summed E-state index contributed by atoms with van der Waals surface area (Å²) >= 11 is 1.41. The van der Waals surface area contributed by atoms with E-state index < -0.39 is 0 Å². The number of benzene rings is 2. The highest BCUT2D eigenvalue weighted by Gasteiger charge is 2.17. The molecule has 0 atom stereocenters. The molecule has 6 nitrogen and oxygen atoms in total. The largest absolute Gasteiger partial charge is 0.460 e. The number of aromatic nitrogens is 3. The zero-order chi connectivity index (χ0) is 21.1. The van der Waals surface area contributed by atoms with Crippen LogP contribution in [0.25, 0.3) is 17.1 Å². The zero-order valence-electron chi connectivity index (χ0n) is 17.0. The lowest BCUT2D eigenvalue weighted by Crippen LogP contribution is -2.10. The van der Waals surface area contributed by atoms with Gasteiger partial charge in [-0.05, 0) is 62.0 Å². The number of anilines is 1. The first-order valence-corrected chi connectivity index (χ1v) is 10.5. The van der Waals surface area contributed by atoms with Crippen LogP contribution in [0.5, 0.6) is 6.01 Å². The molecular weight excluding hydrogens is 396 g/mol. The lowest BCUT2D eigenvalue weighted by atomic mass is 10.1. The first kappa shape index (κ1) is 19.8. The fraction of sp³-hybridized carbons (Fsp3) is 0.174. The summed E-state index contributed by atoms with van der Waals surface area (Å²) in [5.41, 5.74) is 3.63. The Labute approximate surface area is 179 Å². The van der Waals surface area contributed by atoms with Crippen LogP contribution in [0.2, 0.25) is 0 Å². The Hall–Kier alpha value is -3.45. The topological polar surface area (TPSA) is 69.0 Å². The molecule has 2 aromatic heterocycles. The molecule has 0 aliphatic carbocycles. The van der Waals surface area contributed by atoms with Gasteiger partial charge in [0.1, 0.15) is 0 Å². The summed E-state index contributed by atoms with van der Waals surface area (Å²) in [6.45, 7) is 5.93. The lowest BCUT2D eigenvalue weighted by Gasteiger charge is -2.09. The summed E-state index contributed by atoms with van der Waals surface area (Å²) < 4.78 is 7.51. The molecule has 0 saturated carbocycles. The Kier molecular flexibility index (Phi) is 5.63. The monoisotopic (exact) mass is 418 g/mol. The second kappa shape index (κ2) is 8.51. The molecule has 2 heterocycles. The van der Waals surface area contributed by atoms with Gasteiger partial charge in [-0.25, -0.2) is 4.68 Å². The van der Waals surface area contributed by atoms with Crippen molar-refractivity contribution in [3.63, 3.8) is 0 Å². The van der Waals surface area contributed by atoms with E-state index in [1.165, 1.54) is 11.3 Å². The third-order valence-electron chi connectivity index (χ3n) is 4.43. The number of hydrogen-bond acceptors (Lipinski definition) is 5. The first-order chi connectivity index (χ1) is 14.5. The number of carbonyl (C=O) groups excluding carboxylic acids is 1. The van der Waals surface area contributed by atoms with Crippen LogP contribution in [-0.2, 0) is 0 Å². The van der Waals surface area contributed by atoms with Crippen molar-refractivity contribution < 1.29 is 9.53 Å². The third kappa shape index (κ3) is 4.26. The molecular formula is C23H22N4O2S. The summed E-state index contributed by atoms with van der Waals surface area (Å²) in [7, 11) is 0. The zero-order valence-corrected chi connectivity index (χ0v) is 17.8. The smallest absolute Gasteiger partial charge is 0.336 e. The maximum absolute atomic E-state index is 12.3. The van der Waals surface area contributed by atoms with Gasteiger partial charge in [0.05, 0.1) is 16.7 Å². The number of amides is 1. The van der Waals surface area contributed by atoms with Crippen LogP contribution < -0.4 is 10.1 Å². The van der Waals surface area contributed by atoms with Crippen molar-refractivity contribution in [1.82, 2.24) is 14.8 Å². The van der Waals surface area contributed by atoms with Crippen molar-refractivity contribution in [2.45, 2.75) is 26.9 Å². The molecule has 4 aromatic rings. The number of rotatable bonds is 6. The number of hydrogen-bond donors (Lipinski definition) is 1. The average Bonchev–Trinajstić information content (AvgIpc) is 3.39. The van der Waals surface area contributed by atoms with Crippen LogP contribution in [-0.4, -0.2) is 26.8 Å². The van der Waals surface area contributed by atoms with E-state index in [2.05, 4.69) is 15.4 Å². The van der Waals surface area contributed by atoms with Crippen molar-refractivity contribution in [3.8, 4) is 23.1 Å². The van der Waals surface area contributed by atoms with Crippen molar-refractivity contribution in [2.24, 2.45) is 0 Å². The fourth-order valence-corrected chi connectivity index (χ4v) is 3.64. The summed E-state index contributed by atoms with van der Waals surface area (Å²) in [5, 5.41) is 9.36. The van der Waals surface area contributed by atoms with Gasteiger partial charge in [-0.15, -0.1) is 16.4 Å². The van der Waals surface area contributed by atoms with Crippen molar-refractivity contribution in [3.05, 3.63) is 76.5 Å². The van der Waals surface area contributed by atoms with E-state index in [1.54, 1.807) is 10.7 Å². The summed E-state index contributed by atoms with van der Waals surface area (Å²) in [6, 6.07) is 19.5. The predicted octanol–water partition coefficient (Wildman–Crippen LogP) is 5.34. The Morgan fingerprint density at radius 3 is 2.50 bits per heavy atom. The molecule has 1 amide bonds. The standard InChI is InChI=1S/C23H22N4O2S/c1-15(2)29-23-25-21(19-8-5-4-7-16(19)3)27(26-23)18-12-10-17(11-13-18)24-22(28)20-9-6-14-30-20/h4-15H,1-3H3,(H,24,28).